The predicted octanol–water partition coefficient (Wildman–Crippen LogP) is 1.48. The van der Waals surface area contributed by atoms with E-state index in [1.807, 2.05) is 0 Å². The van der Waals surface area contributed by atoms with Crippen LogP contribution in [0.4, 0.5) is 0 Å². The highest BCUT2D eigenvalue weighted by atomic mass is 32.2. The number of nitrogens with one attached hydrogen (secondary N) is 1. The van der Waals surface area contributed by atoms with Crippen LogP contribution in [0.2, 0.25) is 0 Å². The van der Waals surface area contributed by atoms with Crippen molar-refractivity contribution in [3.05, 3.63) is 29.3 Å². The molecule has 0 amide bonds. The van der Waals surface area contributed by atoms with Crippen molar-refractivity contribution in [1.29, 1.82) is 0 Å². The van der Waals surface area contributed by atoms with E-state index in [2.05, 4.69) is 4.72 Å². The van der Waals surface area contributed by atoms with Crippen LogP contribution < -0.4 is 10.5 Å². The summed E-state index contributed by atoms with van der Waals surface area (Å²) in [6, 6.07) is 4.89. The molecule has 0 heterocycles. The SMILES string of the molecule is COC1CCC(NS(=O)(=O)c2cc(C(N)=S)ccc2C)C1. The second-order valence-corrected chi connectivity index (χ2v) is 7.46. The molecule has 21 heavy (non-hydrogen) atoms. The first-order valence-corrected chi connectivity index (χ1v) is 8.68. The maximum absolute atomic E-state index is 12.5. The van der Waals surface area contributed by atoms with E-state index in [0.717, 1.165) is 12.8 Å². The molecular weight excluding hydrogens is 308 g/mol. The van der Waals surface area contributed by atoms with E-state index in [0.29, 0.717) is 17.5 Å². The molecule has 2 atom stereocenters. The van der Waals surface area contributed by atoms with Crippen molar-refractivity contribution >= 4 is 27.2 Å². The van der Waals surface area contributed by atoms with Crippen LogP contribution in [0, 0.1) is 6.92 Å². The van der Waals surface area contributed by atoms with Crippen molar-refractivity contribution in [2.24, 2.45) is 5.73 Å². The molecule has 1 saturated carbocycles. The Kier molecular flexibility index (Phi) is 4.98. The molecule has 1 fully saturated rings. The maximum Gasteiger partial charge on any atom is 0.241 e. The summed E-state index contributed by atoms with van der Waals surface area (Å²) in [5, 5.41) is 0. The first kappa shape index (κ1) is 16.4. The number of hydrogen-bond donors (Lipinski definition) is 2. The third-order valence-electron chi connectivity index (χ3n) is 3.80. The molecule has 116 valence electrons. The first-order chi connectivity index (χ1) is 9.83. The number of ether oxygens (including phenoxy) is 1. The average Bonchev–Trinajstić information content (AvgIpc) is 2.85. The maximum atomic E-state index is 12.5. The van der Waals surface area contributed by atoms with Crippen molar-refractivity contribution < 1.29 is 13.2 Å². The van der Waals surface area contributed by atoms with Crippen molar-refractivity contribution in [2.45, 2.75) is 43.2 Å². The zero-order valence-corrected chi connectivity index (χ0v) is 13.8. The van der Waals surface area contributed by atoms with E-state index < -0.39 is 10.0 Å². The zero-order valence-electron chi connectivity index (χ0n) is 12.1. The van der Waals surface area contributed by atoms with Crippen LogP contribution in [0.15, 0.2) is 23.1 Å². The molecule has 0 bridgehead atoms. The summed E-state index contributed by atoms with van der Waals surface area (Å²) in [6.07, 6.45) is 2.48. The molecule has 1 aromatic rings. The van der Waals surface area contributed by atoms with Gasteiger partial charge in [-0.1, -0.05) is 24.4 Å². The molecule has 3 N–H and O–H groups in total. The monoisotopic (exact) mass is 328 g/mol. The van der Waals surface area contributed by atoms with Crippen molar-refractivity contribution in [1.82, 2.24) is 4.72 Å². The van der Waals surface area contributed by atoms with Gasteiger partial charge in [-0.3, -0.25) is 0 Å². The second-order valence-electron chi connectivity index (χ2n) is 5.33. The first-order valence-electron chi connectivity index (χ1n) is 6.79. The Morgan fingerprint density at radius 2 is 2.14 bits per heavy atom. The van der Waals surface area contributed by atoms with E-state index >= 15 is 0 Å². The van der Waals surface area contributed by atoms with Crippen molar-refractivity contribution in [3.63, 3.8) is 0 Å². The van der Waals surface area contributed by atoms with Gasteiger partial charge in [0.2, 0.25) is 10.0 Å². The Hall–Kier alpha value is -1.02. The van der Waals surface area contributed by atoms with Crippen LogP contribution >= 0.6 is 12.2 Å². The van der Waals surface area contributed by atoms with Crippen LogP contribution in [0.3, 0.4) is 0 Å². The molecule has 0 radical (unpaired) electrons. The molecule has 0 aromatic heterocycles. The number of thiocarbonyl (C=S) groups is 1. The highest BCUT2D eigenvalue weighted by Crippen LogP contribution is 2.24. The fourth-order valence-corrected chi connectivity index (χ4v) is 4.27. The fraction of sp³-hybridized carbons (Fsp3) is 0.500. The lowest BCUT2D eigenvalue weighted by molar-refractivity contribution is 0.107. The predicted molar refractivity (Wildman–Crippen MR) is 85.8 cm³/mol. The van der Waals surface area contributed by atoms with Crippen LogP contribution in [0.5, 0.6) is 0 Å². The smallest absolute Gasteiger partial charge is 0.241 e. The minimum Gasteiger partial charge on any atom is -0.389 e. The lowest BCUT2D eigenvalue weighted by Crippen LogP contribution is -2.34. The zero-order chi connectivity index (χ0) is 15.6. The van der Waals surface area contributed by atoms with Crippen LogP contribution in [-0.4, -0.2) is 32.7 Å². The third kappa shape index (κ3) is 3.79. The van der Waals surface area contributed by atoms with Gasteiger partial charge in [-0.15, -0.1) is 0 Å². The van der Waals surface area contributed by atoms with Crippen molar-refractivity contribution in [3.8, 4) is 0 Å². The molecular formula is C14H20N2O3S2. The van der Waals surface area contributed by atoms with Gasteiger partial charge in [0.25, 0.3) is 0 Å². The number of nitrogens with two attached hydrogens (primary N) is 1. The van der Waals surface area contributed by atoms with Crippen LogP contribution in [0.1, 0.15) is 30.4 Å². The minimum atomic E-state index is -3.58. The molecule has 0 aliphatic heterocycles. The number of rotatable bonds is 5. The summed E-state index contributed by atoms with van der Waals surface area (Å²) in [7, 11) is -1.93. The van der Waals surface area contributed by atoms with Gasteiger partial charge in [0.05, 0.1) is 11.0 Å². The molecule has 2 rings (SSSR count). The molecule has 7 heteroatoms. The fourth-order valence-electron chi connectivity index (χ4n) is 2.59. The molecule has 0 spiro atoms. The quantitative estimate of drug-likeness (QED) is 0.800. The standard InChI is InChI=1S/C14H20N2O3S2/c1-9-3-4-10(14(15)20)7-13(9)21(17,18)16-11-5-6-12(8-11)19-2/h3-4,7,11-12,16H,5-6,8H2,1-2H3,(H2,15,20). The lowest BCUT2D eigenvalue weighted by Gasteiger charge is -2.15. The number of methoxy groups -OCH3 is 1. The van der Waals surface area contributed by atoms with Gasteiger partial charge in [-0.25, -0.2) is 13.1 Å². The van der Waals surface area contributed by atoms with Gasteiger partial charge in [-0.05, 0) is 37.8 Å². The van der Waals surface area contributed by atoms with E-state index in [-0.39, 0.29) is 22.0 Å². The van der Waals surface area contributed by atoms with Crippen LogP contribution in [-0.2, 0) is 14.8 Å². The summed E-state index contributed by atoms with van der Waals surface area (Å²) in [5.41, 5.74) is 6.80. The third-order valence-corrected chi connectivity index (χ3v) is 5.70. The van der Waals surface area contributed by atoms with E-state index in [1.165, 1.54) is 6.07 Å². The van der Waals surface area contributed by atoms with Crippen molar-refractivity contribution in [2.75, 3.05) is 7.11 Å². The highest BCUT2D eigenvalue weighted by Gasteiger charge is 2.29. The summed E-state index contributed by atoms with van der Waals surface area (Å²) in [4.78, 5) is 0.417. The number of sulfonamides is 1. The van der Waals surface area contributed by atoms with Gasteiger partial charge in [0, 0.05) is 18.7 Å². The summed E-state index contributed by atoms with van der Waals surface area (Å²) in [5.74, 6) is 0. The van der Waals surface area contributed by atoms with Gasteiger partial charge in [-0.2, -0.15) is 0 Å². The van der Waals surface area contributed by atoms with Crippen LogP contribution in [0.25, 0.3) is 0 Å². The Balaban J connectivity index is 2.23. The van der Waals surface area contributed by atoms with Gasteiger partial charge in [0.15, 0.2) is 0 Å². The van der Waals surface area contributed by atoms with Gasteiger partial charge in [0.1, 0.15) is 4.99 Å². The molecule has 2 unspecified atom stereocenters. The number of benzene rings is 1. The topological polar surface area (TPSA) is 81.4 Å². The average molecular weight is 328 g/mol. The highest BCUT2D eigenvalue weighted by molar-refractivity contribution is 7.89. The normalized spacial score (nSPS) is 22.4. The van der Waals surface area contributed by atoms with E-state index in [4.69, 9.17) is 22.7 Å². The molecule has 1 aliphatic carbocycles. The largest absolute Gasteiger partial charge is 0.389 e. The molecule has 1 aliphatic rings. The lowest BCUT2D eigenvalue weighted by atomic mass is 10.1. The molecule has 1 aromatic carbocycles. The summed E-state index contributed by atoms with van der Waals surface area (Å²) in [6.45, 7) is 1.75. The second kappa shape index (κ2) is 6.39. The van der Waals surface area contributed by atoms with E-state index in [1.54, 1.807) is 26.2 Å². The summed E-state index contributed by atoms with van der Waals surface area (Å²) >= 11 is 4.91. The molecule has 0 saturated heterocycles. The van der Waals surface area contributed by atoms with Gasteiger partial charge >= 0.3 is 0 Å². The number of aryl methyl sites for hydroxylation is 1. The van der Waals surface area contributed by atoms with E-state index in [9.17, 15) is 8.42 Å². The Morgan fingerprint density at radius 1 is 1.43 bits per heavy atom. The van der Waals surface area contributed by atoms with Gasteiger partial charge < -0.3 is 10.5 Å². The number of hydrogen-bond acceptors (Lipinski definition) is 4. The Labute approximate surface area is 130 Å². The summed E-state index contributed by atoms with van der Waals surface area (Å²) < 4.78 is 33.1. The minimum absolute atomic E-state index is 0.0900. The Morgan fingerprint density at radius 3 is 2.71 bits per heavy atom. The molecule has 5 nitrogen and oxygen atoms in total. The Bertz CT molecular complexity index is 644.